The minimum atomic E-state index is -1.59. The molecule has 1 fully saturated rings. The monoisotopic (exact) mass is 714 g/mol. The van der Waals surface area contributed by atoms with Crippen molar-refractivity contribution < 1.29 is 34.3 Å². The average molecular weight is 715 g/mol. The molecule has 3 aromatic carbocycles. The lowest BCUT2D eigenvalue weighted by Crippen LogP contribution is -2.52. The highest BCUT2D eigenvalue weighted by atomic mass is 35.5. The van der Waals surface area contributed by atoms with Gasteiger partial charge in [0.25, 0.3) is 0 Å². The maximum Gasteiger partial charge on any atom is 0.326 e. The highest BCUT2D eigenvalue weighted by Gasteiger charge is 2.32. The number of halogens is 1. The Hall–Kier alpha value is -4.70. The van der Waals surface area contributed by atoms with Crippen molar-refractivity contribution in [2.45, 2.75) is 58.1 Å². The average Bonchev–Trinajstić information content (AvgIpc) is 3.56. The molecule has 268 valence electrons. The van der Waals surface area contributed by atoms with Crippen LogP contribution in [0, 0.1) is 18.3 Å². The number of rotatable bonds is 17. The van der Waals surface area contributed by atoms with E-state index in [2.05, 4.69) is 27.3 Å². The number of carboxylic acids is 1. The minimum Gasteiger partial charge on any atom is -0.494 e. The molecule has 4 aromatic rings. The zero-order chi connectivity index (χ0) is 36.4. The number of aliphatic carboxylic acids is 1. The third-order valence-corrected chi connectivity index (χ3v) is 9.30. The molecule has 1 aliphatic heterocycles. The number of β-amino-alcohol motifs (C(OH)–C–C–N with tert-alkyl or cyclic N) is 1. The number of hydrogen-bond donors (Lipinski definition) is 4. The molecule has 2 atom stereocenters. The lowest BCUT2D eigenvalue weighted by atomic mass is 9.96. The Bertz CT molecular complexity index is 1870. The number of nitrogens with one attached hydrogen (secondary N) is 1. The van der Waals surface area contributed by atoms with Crippen molar-refractivity contribution in [1.82, 2.24) is 15.2 Å². The molecule has 1 saturated heterocycles. The third kappa shape index (κ3) is 9.97. The lowest BCUT2D eigenvalue weighted by molar-refractivity contribution is -0.145. The summed E-state index contributed by atoms with van der Waals surface area (Å²) in [6.07, 6.45) is 4.55. The summed E-state index contributed by atoms with van der Waals surface area (Å²) in [4.78, 5) is 18.1. The van der Waals surface area contributed by atoms with E-state index in [1.807, 2.05) is 43.3 Å². The Kier molecular flexibility index (Phi) is 12.9. The second-order valence-electron chi connectivity index (χ2n) is 12.9. The first-order valence-electron chi connectivity index (χ1n) is 16.8. The number of benzene rings is 3. The maximum absolute atomic E-state index is 11.8. The predicted molar refractivity (Wildman–Crippen MR) is 193 cm³/mol. The van der Waals surface area contributed by atoms with Crippen molar-refractivity contribution in [3.63, 3.8) is 0 Å². The number of likely N-dealkylation sites (tertiary alicyclic amines) is 1. The number of nitriles is 1. The van der Waals surface area contributed by atoms with Gasteiger partial charge in [-0.2, -0.15) is 5.26 Å². The molecule has 0 spiro atoms. The van der Waals surface area contributed by atoms with Crippen LogP contribution in [-0.2, 0) is 24.6 Å². The SMILES string of the molecule is Cc1c(COc2cc(OCc3cncc(C#N)c3)c(CN[C@@](C)(CO)C(=O)O)cc2Cl)cccc1-c1cccc(OCCCN2CC[C@@H](O)C2)c1. The number of ether oxygens (including phenoxy) is 3. The van der Waals surface area contributed by atoms with Crippen LogP contribution in [0.1, 0.15) is 47.6 Å². The van der Waals surface area contributed by atoms with Crippen molar-refractivity contribution >= 4 is 17.6 Å². The maximum atomic E-state index is 11.8. The molecule has 1 aliphatic rings. The summed E-state index contributed by atoms with van der Waals surface area (Å²) in [5.74, 6) is 0.341. The largest absolute Gasteiger partial charge is 0.494 e. The molecule has 0 saturated carbocycles. The van der Waals surface area contributed by atoms with Crippen LogP contribution in [0.4, 0.5) is 0 Å². The van der Waals surface area contributed by atoms with Gasteiger partial charge in [0, 0.05) is 55.8 Å². The van der Waals surface area contributed by atoms with Gasteiger partial charge in [0.15, 0.2) is 0 Å². The smallest absolute Gasteiger partial charge is 0.326 e. The zero-order valence-electron chi connectivity index (χ0n) is 28.8. The fraction of sp³-hybridized carbons (Fsp3) is 0.359. The molecule has 2 heterocycles. The number of carbonyl (C=O) groups is 1. The molecule has 5 rings (SSSR count). The van der Waals surface area contributed by atoms with Gasteiger partial charge >= 0.3 is 5.97 Å². The second-order valence-corrected chi connectivity index (χ2v) is 13.3. The van der Waals surface area contributed by atoms with Crippen LogP contribution in [0.5, 0.6) is 17.2 Å². The van der Waals surface area contributed by atoms with Gasteiger partial charge in [-0.05, 0) is 73.2 Å². The van der Waals surface area contributed by atoms with Crippen LogP contribution < -0.4 is 19.5 Å². The molecule has 0 unspecified atom stereocenters. The van der Waals surface area contributed by atoms with Crippen LogP contribution in [-0.4, -0.2) is 75.7 Å². The first-order valence-corrected chi connectivity index (χ1v) is 17.2. The van der Waals surface area contributed by atoms with Gasteiger partial charge < -0.3 is 34.4 Å². The number of aliphatic hydroxyl groups excluding tert-OH is 2. The Morgan fingerprint density at radius 2 is 1.88 bits per heavy atom. The van der Waals surface area contributed by atoms with E-state index in [1.54, 1.807) is 24.4 Å². The van der Waals surface area contributed by atoms with E-state index in [1.165, 1.54) is 13.1 Å². The zero-order valence-corrected chi connectivity index (χ0v) is 29.5. The van der Waals surface area contributed by atoms with Crippen molar-refractivity contribution in [3.8, 4) is 34.4 Å². The Morgan fingerprint density at radius 1 is 1.08 bits per heavy atom. The van der Waals surface area contributed by atoms with E-state index >= 15 is 0 Å². The summed E-state index contributed by atoms with van der Waals surface area (Å²) in [6, 6.07) is 21.1. The molecule has 0 aliphatic carbocycles. The number of pyridine rings is 1. The third-order valence-electron chi connectivity index (χ3n) is 9.00. The van der Waals surface area contributed by atoms with Gasteiger partial charge in [0.2, 0.25) is 0 Å². The summed E-state index contributed by atoms with van der Waals surface area (Å²) < 4.78 is 18.5. The fourth-order valence-corrected chi connectivity index (χ4v) is 6.03. The molecule has 0 bridgehead atoms. The molecular formula is C39H43ClN4O7. The van der Waals surface area contributed by atoms with Crippen molar-refractivity contribution in [2.75, 3.05) is 32.8 Å². The molecule has 0 radical (unpaired) electrons. The summed E-state index contributed by atoms with van der Waals surface area (Å²) in [5, 5.41) is 41.5. The van der Waals surface area contributed by atoms with Gasteiger partial charge in [-0.1, -0.05) is 41.9 Å². The summed E-state index contributed by atoms with van der Waals surface area (Å²) in [5.41, 5.74) is 4.08. The topological polar surface area (TPSA) is 157 Å². The van der Waals surface area contributed by atoms with Crippen LogP contribution in [0.3, 0.4) is 0 Å². The van der Waals surface area contributed by atoms with Crippen LogP contribution in [0.25, 0.3) is 11.1 Å². The van der Waals surface area contributed by atoms with Crippen LogP contribution in [0.2, 0.25) is 5.02 Å². The molecule has 4 N–H and O–H groups in total. The summed E-state index contributed by atoms with van der Waals surface area (Å²) in [6.45, 7) is 6.28. The second kappa shape index (κ2) is 17.5. The van der Waals surface area contributed by atoms with Crippen LogP contribution in [0.15, 0.2) is 73.1 Å². The molecular weight excluding hydrogens is 672 g/mol. The highest BCUT2D eigenvalue weighted by Crippen LogP contribution is 2.35. The summed E-state index contributed by atoms with van der Waals surface area (Å²) >= 11 is 6.70. The molecule has 11 nitrogen and oxygen atoms in total. The predicted octanol–water partition coefficient (Wildman–Crippen LogP) is 5.50. The van der Waals surface area contributed by atoms with Gasteiger partial charge in [-0.3, -0.25) is 15.1 Å². The molecule has 51 heavy (non-hydrogen) atoms. The van der Waals surface area contributed by atoms with E-state index in [4.69, 9.17) is 25.8 Å². The van der Waals surface area contributed by atoms with E-state index in [-0.39, 0.29) is 25.9 Å². The first-order chi connectivity index (χ1) is 24.6. The number of carboxylic acid groups (broad SMARTS) is 1. The van der Waals surface area contributed by atoms with E-state index in [9.17, 15) is 25.4 Å². The normalized spacial score (nSPS) is 15.6. The van der Waals surface area contributed by atoms with Gasteiger partial charge in [0.05, 0.1) is 29.9 Å². The Morgan fingerprint density at radius 3 is 2.63 bits per heavy atom. The van der Waals surface area contributed by atoms with Gasteiger partial charge in [0.1, 0.15) is 42.1 Å². The fourth-order valence-electron chi connectivity index (χ4n) is 5.79. The molecule has 12 heteroatoms. The van der Waals surface area contributed by atoms with E-state index < -0.39 is 18.1 Å². The standard InChI is InChI=1S/C39H43ClN4O7/c1-26-30(7-4-9-34(26)29-6-3-8-33(15-29)49-13-5-11-44-12-10-32(46)22-44)24-51-37-17-36(50-23-28-14-27(18-41)19-42-20-28)31(16-35(37)40)21-43-39(2,25-45)38(47)48/h3-4,6-9,14-17,19-20,32,43,45-46H,5,10-13,21-25H2,1-2H3,(H,47,48)/t32-,39+/m1/s1. The van der Waals surface area contributed by atoms with Crippen molar-refractivity contribution in [1.29, 1.82) is 5.26 Å². The molecule has 1 aromatic heterocycles. The Balaban J connectivity index is 1.29. The highest BCUT2D eigenvalue weighted by molar-refractivity contribution is 6.32. The number of aromatic nitrogens is 1. The molecule has 0 amide bonds. The first kappa shape index (κ1) is 37.6. The van der Waals surface area contributed by atoms with E-state index in [0.29, 0.717) is 39.8 Å². The number of nitrogens with zero attached hydrogens (tertiary/aromatic N) is 3. The minimum absolute atomic E-state index is 0.0295. The van der Waals surface area contributed by atoms with Crippen molar-refractivity contribution in [2.24, 2.45) is 0 Å². The number of hydrogen-bond acceptors (Lipinski definition) is 10. The van der Waals surface area contributed by atoms with E-state index in [0.717, 1.165) is 60.5 Å². The van der Waals surface area contributed by atoms with Crippen molar-refractivity contribution in [3.05, 3.63) is 106 Å². The van der Waals surface area contributed by atoms with Crippen LogP contribution >= 0.6 is 11.6 Å². The lowest BCUT2D eigenvalue weighted by Gasteiger charge is -2.25. The summed E-state index contributed by atoms with van der Waals surface area (Å²) in [7, 11) is 0. The quantitative estimate of drug-likeness (QED) is 0.102. The van der Waals surface area contributed by atoms with Gasteiger partial charge in [-0.25, -0.2) is 0 Å². The number of aliphatic hydroxyl groups is 2. The van der Waals surface area contributed by atoms with Gasteiger partial charge in [-0.15, -0.1) is 0 Å². The Labute approximate surface area is 303 Å².